The van der Waals surface area contributed by atoms with Gasteiger partial charge < -0.3 is 24.3 Å². The van der Waals surface area contributed by atoms with Gasteiger partial charge in [-0.15, -0.1) is 0 Å². The highest BCUT2D eigenvalue weighted by Gasteiger charge is 2.24. The van der Waals surface area contributed by atoms with Gasteiger partial charge in [0.15, 0.2) is 16.7 Å². The van der Waals surface area contributed by atoms with Crippen LogP contribution in [0.1, 0.15) is 33.0 Å². The zero-order valence-electron chi connectivity index (χ0n) is 18.7. The number of benzene rings is 2. The van der Waals surface area contributed by atoms with E-state index in [0.29, 0.717) is 27.3 Å². The summed E-state index contributed by atoms with van der Waals surface area (Å²) in [5.74, 6) is -0.219. The van der Waals surface area contributed by atoms with Gasteiger partial charge in [-0.05, 0) is 73.1 Å². The first-order valence-electron chi connectivity index (χ1n) is 10.3. The maximum Gasteiger partial charge on any atom is 0.371 e. The summed E-state index contributed by atoms with van der Waals surface area (Å²) in [6.07, 6.45) is 1.75. The van der Waals surface area contributed by atoms with E-state index in [9.17, 15) is 9.59 Å². The number of thioether (sulfide) groups is 1. The molecule has 2 aromatic carbocycles. The smallest absolute Gasteiger partial charge is 0.371 e. The minimum atomic E-state index is -1.14. The maximum atomic E-state index is 12.5. The lowest BCUT2D eigenvalue weighted by molar-refractivity contribution is -0.115. The number of methoxy groups -OCH3 is 1. The molecule has 174 valence electrons. The molecule has 34 heavy (non-hydrogen) atoms. The van der Waals surface area contributed by atoms with Crippen molar-refractivity contribution in [2.24, 2.45) is 4.99 Å². The highest BCUT2D eigenvalue weighted by atomic mass is 32.2. The lowest BCUT2D eigenvalue weighted by Gasteiger charge is -2.10. The van der Waals surface area contributed by atoms with Crippen molar-refractivity contribution in [3.8, 4) is 11.5 Å². The van der Waals surface area contributed by atoms with E-state index in [1.807, 2.05) is 32.0 Å². The molecule has 1 aliphatic heterocycles. The van der Waals surface area contributed by atoms with Crippen molar-refractivity contribution in [3.05, 3.63) is 81.6 Å². The summed E-state index contributed by atoms with van der Waals surface area (Å²) in [5.41, 5.74) is 3.75. The number of ether oxygens (including phenoxy) is 2. The van der Waals surface area contributed by atoms with Crippen LogP contribution < -0.4 is 14.8 Å². The van der Waals surface area contributed by atoms with Gasteiger partial charge in [0.05, 0.1) is 17.7 Å². The van der Waals surface area contributed by atoms with Crippen molar-refractivity contribution in [2.45, 2.75) is 20.5 Å². The van der Waals surface area contributed by atoms with Crippen molar-refractivity contribution >= 4 is 40.6 Å². The zero-order valence-corrected chi connectivity index (χ0v) is 19.6. The third-order valence-corrected chi connectivity index (χ3v) is 5.86. The van der Waals surface area contributed by atoms with E-state index in [1.54, 1.807) is 30.3 Å². The number of hydrogen-bond donors (Lipinski definition) is 2. The van der Waals surface area contributed by atoms with E-state index >= 15 is 0 Å². The Morgan fingerprint density at radius 1 is 1.15 bits per heavy atom. The largest absolute Gasteiger partial charge is 0.493 e. The van der Waals surface area contributed by atoms with Crippen LogP contribution in [0.3, 0.4) is 0 Å². The number of carbonyl (C=O) groups excluding carboxylic acids is 1. The van der Waals surface area contributed by atoms with Crippen molar-refractivity contribution < 1.29 is 28.6 Å². The molecule has 0 unspecified atom stereocenters. The predicted molar refractivity (Wildman–Crippen MR) is 130 cm³/mol. The number of nitrogens with zero attached hydrogens (tertiary/aromatic N) is 1. The molecular formula is C25H22N2O6S. The molecular weight excluding hydrogens is 456 g/mol. The van der Waals surface area contributed by atoms with E-state index < -0.39 is 5.97 Å². The number of carboxylic acids is 1. The number of aryl methyl sites for hydroxylation is 2. The summed E-state index contributed by atoms with van der Waals surface area (Å²) >= 11 is 1.27. The summed E-state index contributed by atoms with van der Waals surface area (Å²) < 4.78 is 16.3. The van der Waals surface area contributed by atoms with Gasteiger partial charge in [0.2, 0.25) is 5.76 Å². The first kappa shape index (κ1) is 23.2. The Balaban J connectivity index is 1.48. The van der Waals surface area contributed by atoms with Gasteiger partial charge in [-0.1, -0.05) is 23.8 Å². The molecule has 0 radical (unpaired) electrons. The van der Waals surface area contributed by atoms with Gasteiger partial charge in [0.25, 0.3) is 5.91 Å². The molecule has 0 spiro atoms. The molecule has 4 rings (SSSR count). The number of hydrogen-bond acceptors (Lipinski definition) is 7. The first-order valence-corrected chi connectivity index (χ1v) is 11.1. The summed E-state index contributed by atoms with van der Waals surface area (Å²) in [6.45, 7) is 4.05. The molecule has 0 bridgehead atoms. The van der Waals surface area contributed by atoms with Gasteiger partial charge in [-0.3, -0.25) is 4.79 Å². The number of nitrogens with one attached hydrogen (secondary N) is 1. The molecule has 3 aromatic rings. The Morgan fingerprint density at radius 2 is 1.97 bits per heavy atom. The zero-order chi connectivity index (χ0) is 24.2. The van der Waals surface area contributed by atoms with Crippen LogP contribution in [0.25, 0.3) is 6.08 Å². The second-order valence-corrected chi connectivity index (χ2v) is 8.57. The molecule has 0 atom stereocenters. The van der Waals surface area contributed by atoms with Gasteiger partial charge in [0, 0.05) is 0 Å². The molecule has 0 saturated carbocycles. The summed E-state index contributed by atoms with van der Waals surface area (Å²) in [7, 11) is 1.51. The molecule has 1 saturated heterocycles. The molecule has 1 aromatic heterocycles. The van der Waals surface area contributed by atoms with Crippen LogP contribution in [0.4, 0.5) is 5.69 Å². The Hall–Kier alpha value is -3.98. The molecule has 1 aliphatic rings. The predicted octanol–water partition coefficient (Wildman–Crippen LogP) is 5.07. The van der Waals surface area contributed by atoms with Crippen LogP contribution in [-0.2, 0) is 11.4 Å². The second kappa shape index (κ2) is 9.88. The standard InChI is InChI=1S/C25H22N2O6S/c1-14-4-7-18(15(2)10-14)26-25-27-23(28)22(34-25)12-16-5-8-19(21(11-16)31-3)32-13-17-6-9-20(33-17)24(29)30/h4-12H,13H2,1-3H3,(H,29,30)(H,26,27,28)/b22-12-. The van der Waals surface area contributed by atoms with Crippen LogP contribution in [0, 0.1) is 13.8 Å². The molecule has 0 aliphatic carbocycles. The Morgan fingerprint density at radius 3 is 2.68 bits per heavy atom. The number of aromatic carboxylic acids is 1. The summed E-state index contributed by atoms with van der Waals surface area (Å²) in [5, 5.41) is 12.3. The fourth-order valence-electron chi connectivity index (χ4n) is 3.28. The van der Waals surface area contributed by atoms with Crippen LogP contribution in [0.2, 0.25) is 0 Å². The van der Waals surface area contributed by atoms with Gasteiger partial charge in [-0.2, -0.15) is 0 Å². The normalized spacial score (nSPS) is 15.6. The first-order chi connectivity index (χ1) is 16.3. The second-order valence-electron chi connectivity index (χ2n) is 7.54. The van der Waals surface area contributed by atoms with Gasteiger partial charge in [0.1, 0.15) is 12.4 Å². The molecule has 9 heteroatoms. The fourth-order valence-corrected chi connectivity index (χ4v) is 4.12. The summed E-state index contributed by atoms with van der Waals surface area (Å²) in [6, 6.07) is 14.1. The molecule has 2 heterocycles. The maximum absolute atomic E-state index is 12.5. The fraction of sp³-hybridized carbons (Fsp3) is 0.160. The minimum absolute atomic E-state index is 0.0422. The molecule has 1 amide bonds. The van der Waals surface area contributed by atoms with Crippen LogP contribution in [-0.4, -0.2) is 29.3 Å². The number of amides is 1. The van der Waals surface area contributed by atoms with E-state index in [4.69, 9.17) is 19.0 Å². The number of amidine groups is 1. The molecule has 8 nitrogen and oxygen atoms in total. The Kier molecular flexibility index (Phi) is 6.74. The number of aliphatic imine (C=N–C) groups is 1. The van der Waals surface area contributed by atoms with Crippen LogP contribution in [0.5, 0.6) is 11.5 Å². The van der Waals surface area contributed by atoms with Crippen LogP contribution >= 0.6 is 11.8 Å². The van der Waals surface area contributed by atoms with E-state index in [1.165, 1.54) is 24.9 Å². The Labute approximate surface area is 200 Å². The molecule has 2 N–H and O–H groups in total. The monoisotopic (exact) mass is 478 g/mol. The molecule has 1 fully saturated rings. The third kappa shape index (κ3) is 5.32. The van der Waals surface area contributed by atoms with Gasteiger partial charge >= 0.3 is 5.97 Å². The third-order valence-electron chi connectivity index (χ3n) is 4.95. The highest BCUT2D eigenvalue weighted by molar-refractivity contribution is 8.18. The van der Waals surface area contributed by atoms with Gasteiger partial charge in [-0.25, -0.2) is 9.79 Å². The highest BCUT2D eigenvalue weighted by Crippen LogP contribution is 2.33. The lowest BCUT2D eigenvalue weighted by Crippen LogP contribution is -2.19. The Bertz CT molecular complexity index is 1320. The van der Waals surface area contributed by atoms with E-state index in [-0.39, 0.29) is 18.3 Å². The summed E-state index contributed by atoms with van der Waals surface area (Å²) in [4.78, 5) is 28.5. The number of carbonyl (C=O) groups is 2. The van der Waals surface area contributed by atoms with Crippen LogP contribution in [0.15, 0.2) is 62.8 Å². The topological polar surface area (TPSA) is 110 Å². The quantitative estimate of drug-likeness (QED) is 0.456. The van der Waals surface area contributed by atoms with Crippen molar-refractivity contribution in [3.63, 3.8) is 0 Å². The van der Waals surface area contributed by atoms with Crippen molar-refractivity contribution in [1.29, 1.82) is 0 Å². The lowest BCUT2D eigenvalue weighted by atomic mass is 10.1. The average molecular weight is 479 g/mol. The minimum Gasteiger partial charge on any atom is -0.493 e. The van der Waals surface area contributed by atoms with Crippen molar-refractivity contribution in [2.75, 3.05) is 7.11 Å². The van der Waals surface area contributed by atoms with E-state index in [0.717, 1.165) is 22.4 Å². The number of rotatable bonds is 7. The SMILES string of the molecule is COc1cc(/C=C2\SC(=Nc3ccc(C)cc3C)NC2=O)ccc1OCc1ccc(C(=O)O)o1. The van der Waals surface area contributed by atoms with E-state index in [2.05, 4.69) is 10.3 Å². The number of carboxylic acid groups (broad SMARTS) is 1. The average Bonchev–Trinajstić information content (AvgIpc) is 3.41. The van der Waals surface area contributed by atoms with Crippen molar-refractivity contribution in [1.82, 2.24) is 5.32 Å². The number of furan rings is 1.